The van der Waals surface area contributed by atoms with E-state index in [4.69, 9.17) is 0 Å². The van der Waals surface area contributed by atoms with Gasteiger partial charge in [-0.2, -0.15) is 0 Å². The molecule has 1 aliphatic heterocycles. The molecular weight excluding hydrogens is 330 g/mol. The summed E-state index contributed by atoms with van der Waals surface area (Å²) < 4.78 is 0. The van der Waals surface area contributed by atoms with Gasteiger partial charge in [0.1, 0.15) is 11.5 Å². The summed E-state index contributed by atoms with van der Waals surface area (Å²) in [6, 6.07) is 11.1. The number of rotatable bonds is 1. The van der Waals surface area contributed by atoms with E-state index in [0.717, 1.165) is 30.8 Å². The second-order valence-electron chi connectivity index (χ2n) is 6.19. The van der Waals surface area contributed by atoms with Crippen molar-refractivity contribution >= 4 is 17.6 Å². The molecule has 0 saturated carbocycles. The predicted octanol–water partition coefficient (Wildman–Crippen LogP) is 1.48. The number of nitrogens with one attached hydrogen (secondary N) is 2. The first kappa shape index (κ1) is 17.8. The Morgan fingerprint density at radius 1 is 1.04 bits per heavy atom. The van der Waals surface area contributed by atoms with E-state index in [1.54, 1.807) is 29.3 Å². The molecule has 1 aliphatic rings. The third-order valence-electron chi connectivity index (χ3n) is 4.18. The number of nitrogens with zero attached hydrogens (tertiary/aromatic N) is 3. The van der Waals surface area contributed by atoms with Crippen molar-refractivity contribution in [3.63, 3.8) is 0 Å². The van der Waals surface area contributed by atoms with Crippen LogP contribution in [0.15, 0.2) is 42.6 Å². The fraction of sp³-hybridized carbons (Fsp3) is 0.368. The number of fused-ring (bicyclic) bond motifs is 2. The average Bonchev–Trinajstić information content (AvgIpc) is 2.67. The summed E-state index contributed by atoms with van der Waals surface area (Å²) in [5, 5.41) is 6.04. The maximum atomic E-state index is 12.7. The smallest absolute Gasteiger partial charge is 0.272 e. The minimum absolute atomic E-state index is 0.0406. The Labute approximate surface area is 152 Å². The second kappa shape index (κ2) is 8.94. The molecule has 136 valence electrons. The topological polar surface area (TPSA) is 87.2 Å². The van der Waals surface area contributed by atoms with E-state index < -0.39 is 0 Å². The van der Waals surface area contributed by atoms with E-state index >= 15 is 0 Å². The van der Waals surface area contributed by atoms with Crippen LogP contribution in [0.1, 0.15) is 29.0 Å². The monoisotopic (exact) mass is 353 g/mol. The first-order valence-electron chi connectivity index (χ1n) is 8.89. The molecule has 3 rings (SSSR count). The Bertz CT molecular complexity index is 751. The summed E-state index contributed by atoms with van der Waals surface area (Å²) >= 11 is 0. The zero-order valence-corrected chi connectivity index (χ0v) is 14.6. The Morgan fingerprint density at radius 3 is 2.77 bits per heavy atom. The molecule has 2 bridgehead atoms. The van der Waals surface area contributed by atoms with Gasteiger partial charge in [0, 0.05) is 31.5 Å². The molecule has 2 N–H and O–H groups in total. The van der Waals surface area contributed by atoms with Crippen LogP contribution in [0.2, 0.25) is 0 Å². The zero-order chi connectivity index (χ0) is 18.2. The molecule has 0 unspecified atom stereocenters. The van der Waals surface area contributed by atoms with Crippen LogP contribution in [-0.4, -0.2) is 52.9 Å². The lowest BCUT2D eigenvalue weighted by Crippen LogP contribution is -2.42. The number of carbonyl (C=O) groups is 2. The molecule has 0 saturated heterocycles. The number of aryl methyl sites for hydroxylation is 1. The quantitative estimate of drug-likeness (QED) is 0.811. The summed E-state index contributed by atoms with van der Waals surface area (Å²) in [7, 11) is 0. The Morgan fingerprint density at radius 2 is 1.92 bits per heavy atom. The van der Waals surface area contributed by atoms with Crippen LogP contribution in [0.25, 0.3) is 0 Å². The van der Waals surface area contributed by atoms with E-state index in [1.165, 1.54) is 0 Å². The first-order chi connectivity index (χ1) is 12.7. The number of carbonyl (C=O) groups excluding carboxylic acids is 2. The third kappa shape index (κ3) is 5.02. The lowest BCUT2D eigenvalue weighted by Gasteiger charge is -2.22. The van der Waals surface area contributed by atoms with Gasteiger partial charge in [-0.15, -0.1) is 0 Å². The fourth-order valence-corrected chi connectivity index (χ4v) is 2.85. The summed E-state index contributed by atoms with van der Waals surface area (Å²) in [5.74, 6) is 0.432. The van der Waals surface area contributed by atoms with Gasteiger partial charge in [-0.1, -0.05) is 12.1 Å². The second-order valence-corrected chi connectivity index (χ2v) is 6.19. The molecule has 0 radical (unpaired) electrons. The highest BCUT2D eigenvalue weighted by molar-refractivity contribution is 5.94. The van der Waals surface area contributed by atoms with Crippen molar-refractivity contribution in [2.24, 2.45) is 0 Å². The van der Waals surface area contributed by atoms with E-state index in [2.05, 4.69) is 20.6 Å². The number of aromatic nitrogens is 2. The van der Waals surface area contributed by atoms with Gasteiger partial charge in [0.25, 0.3) is 5.91 Å². The SMILES string of the molecule is O=C1CN(C(=O)c2ccccn2)CCCCc2cccc(n2)NCCN1. The van der Waals surface area contributed by atoms with Crippen LogP contribution < -0.4 is 10.6 Å². The number of hydrogen-bond acceptors (Lipinski definition) is 5. The van der Waals surface area contributed by atoms with Gasteiger partial charge >= 0.3 is 0 Å². The Balaban J connectivity index is 1.70. The van der Waals surface area contributed by atoms with Gasteiger partial charge < -0.3 is 15.5 Å². The molecule has 7 heteroatoms. The largest absolute Gasteiger partial charge is 0.368 e. The Hall–Kier alpha value is -2.96. The highest BCUT2D eigenvalue weighted by Gasteiger charge is 2.19. The van der Waals surface area contributed by atoms with Gasteiger partial charge in [-0.3, -0.25) is 14.6 Å². The average molecular weight is 353 g/mol. The third-order valence-corrected chi connectivity index (χ3v) is 4.18. The molecular formula is C19H23N5O2. The molecule has 2 amide bonds. The summed E-state index contributed by atoms with van der Waals surface area (Å²) in [5.41, 5.74) is 1.39. The molecule has 0 aromatic carbocycles. The minimum atomic E-state index is -0.217. The molecule has 0 atom stereocenters. The summed E-state index contributed by atoms with van der Waals surface area (Å²) in [6.45, 7) is 1.60. The molecule has 0 spiro atoms. The maximum Gasteiger partial charge on any atom is 0.272 e. The molecule has 7 nitrogen and oxygen atoms in total. The van der Waals surface area contributed by atoms with Crippen molar-refractivity contribution in [3.05, 3.63) is 54.0 Å². The summed E-state index contributed by atoms with van der Waals surface area (Å²) in [4.78, 5) is 35.1. The van der Waals surface area contributed by atoms with E-state index in [0.29, 0.717) is 25.3 Å². The van der Waals surface area contributed by atoms with Gasteiger partial charge in [-0.25, -0.2) is 4.98 Å². The lowest BCUT2D eigenvalue weighted by molar-refractivity contribution is -0.121. The van der Waals surface area contributed by atoms with Crippen molar-refractivity contribution in [1.82, 2.24) is 20.2 Å². The normalized spacial score (nSPS) is 16.2. The molecule has 0 fully saturated rings. The highest BCUT2D eigenvalue weighted by atomic mass is 16.2. The number of amides is 2. The van der Waals surface area contributed by atoms with E-state index in [-0.39, 0.29) is 18.4 Å². The number of anilines is 1. The van der Waals surface area contributed by atoms with Crippen molar-refractivity contribution in [1.29, 1.82) is 0 Å². The molecule has 26 heavy (non-hydrogen) atoms. The van der Waals surface area contributed by atoms with Crippen LogP contribution >= 0.6 is 0 Å². The molecule has 3 heterocycles. The lowest BCUT2D eigenvalue weighted by atomic mass is 10.1. The van der Waals surface area contributed by atoms with Crippen molar-refractivity contribution in [2.45, 2.75) is 19.3 Å². The Kier molecular flexibility index (Phi) is 6.14. The minimum Gasteiger partial charge on any atom is -0.368 e. The van der Waals surface area contributed by atoms with Crippen LogP contribution in [0.3, 0.4) is 0 Å². The molecule has 2 aromatic rings. The van der Waals surface area contributed by atoms with Crippen LogP contribution in [0.5, 0.6) is 0 Å². The van der Waals surface area contributed by atoms with Crippen molar-refractivity contribution in [2.75, 3.05) is 31.5 Å². The van der Waals surface area contributed by atoms with Gasteiger partial charge in [0.05, 0.1) is 6.54 Å². The van der Waals surface area contributed by atoms with Crippen molar-refractivity contribution in [3.8, 4) is 0 Å². The van der Waals surface area contributed by atoms with Crippen LogP contribution in [0.4, 0.5) is 5.82 Å². The van der Waals surface area contributed by atoms with Gasteiger partial charge in [0.2, 0.25) is 5.91 Å². The fourth-order valence-electron chi connectivity index (χ4n) is 2.85. The first-order valence-corrected chi connectivity index (χ1v) is 8.89. The van der Waals surface area contributed by atoms with Gasteiger partial charge in [-0.05, 0) is 43.5 Å². The van der Waals surface area contributed by atoms with Gasteiger partial charge in [0.15, 0.2) is 0 Å². The predicted molar refractivity (Wildman–Crippen MR) is 98.8 cm³/mol. The number of hydrogen-bond donors (Lipinski definition) is 2. The zero-order valence-electron chi connectivity index (χ0n) is 14.6. The molecule has 0 aliphatic carbocycles. The van der Waals surface area contributed by atoms with Crippen LogP contribution in [-0.2, 0) is 11.2 Å². The van der Waals surface area contributed by atoms with Crippen molar-refractivity contribution < 1.29 is 9.59 Å². The van der Waals surface area contributed by atoms with E-state index in [9.17, 15) is 9.59 Å². The standard InChI is InChI=1S/C19H23N5O2/c25-18-14-24(19(26)16-8-1-3-10-20-16)13-4-2-6-15-7-5-9-17(23-15)21-11-12-22-18/h1,3,5,7-10H,2,4,6,11-14H2,(H,21,23)(H,22,25). The van der Waals surface area contributed by atoms with Crippen LogP contribution in [0, 0.1) is 0 Å². The highest BCUT2D eigenvalue weighted by Crippen LogP contribution is 2.10. The maximum absolute atomic E-state index is 12.7. The summed E-state index contributed by atoms with van der Waals surface area (Å²) in [6.07, 6.45) is 4.12. The molecule has 2 aromatic heterocycles. The number of pyridine rings is 2. The van der Waals surface area contributed by atoms with E-state index in [1.807, 2.05) is 18.2 Å².